The van der Waals surface area contributed by atoms with E-state index in [2.05, 4.69) is 5.32 Å². The molecule has 2 N–H and O–H groups in total. The second kappa shape index (κ2) is 8.78. The van der Waals surface area contributed by atoms with Crippen LogP contribution in [0.5, 0.6) is 23.0 Å². The molecule has 0 bridgehead atoms. The Kier molecular flexibility index (Phi) is 5.97. The lowest BCUT2D eigenvalue weighted by molar-refractivity contribution is -0.123. The van der Waals surface area contributed by atoms with E-state index < -0.39 is 6.10 Å². The predicted molar refractivity (Wildman–Crippen MR) is 93.7 cm³/mol. The first-order chi connectivity index (χ1) is 13.1. The van der Waals surface area contributed by atoms with Crippen LogP contribution in [0.15, 0.2) is 42.5 Å². The fourth-order valence-electron chi connectivity index (χ4n) is 2.28. The van der Waals surface area contributed by atoms with Crippen molar-refractivity contribution in [2.75, 3.05) is 26.6 Å². The van der Waals surface area contributed by atoms with Gasteiger partial charge < -0.3 is 29.4 Å². The smallest absolute Gasteiger partial charge is 0.258 e. The third-order valence-corrected chi connectivity index (χ3v) is 3.67. The fraction of sp³-hybridized carbons (Fsp3) is 0.263. The highest BCUT2D eigenvalue weighted by Gasteiger charge is 2.14. The Hall–Kier alpha value is -3.44. The summed E-state index contributed by atoms with van der Waals surface area (Å²) in [6.07, 6.45) is -0.880. The molecule has 8 heteroatoms. The van der Waals surface area contributed by atoms with Crippen molar-refractivity contribution in [1.29, 1.82) is 5.26 Å². The minimum Gasteiger partial charge on any atom is -0.491 e. The highest BCUT2D eigenvalue weighted by Crippen LogP contribution is 2.35. The molecule has 1 atom stereocenters. The van der Waals surface area contributed by atoms with Gasteiger partial charge in [-0.2, -0.15) is 5.26 Å². The van der Waals surface area contributed by atoms with Crippen LogP contribution in [0, 0.1) is 11.3 Å². The van der Waals surface area contributed by atoms with Gasteiger partial charge in [0.05, 0.1) is 11.6 Å². The topological polar surface area (TPSA) is 110 Å². The number of aliphatic hydroxyl groups is 1. The Bertz CT molecular complexity index is 831. The van der Waals surface area contributed by atoms with Gasteiger partial charge in [0.15, 0.2) is 18.1 Å². The number of nitriles is 1. The molecule has 0 aliphatic carbocycles. The zero-order valence-corrected chi connectivity index (χ0v) is 14.4. The van der Waals surface area contributed by atoms with Crippen LogP contribution in [-0.2, 0) is 4.79 Å². The van der Waals surface area contributed by atoms with E-state index >= 15 is 0 Å². The van der Waals surface area contributed by atoms with Crippen molar-refractivity contribution in [3.8, 4) is 29.1 Å². The van der Waals surface area contributed by atoms with Gasteiger partial charge in [-0.25, -0.2) is 0 Å². The summed E-state index contributed by atoms with van der Waals surface area (Å²) in [5, 5.41) is 21.2. The monoisotopic (exact) mass is 370 g/mol. The van der Waals surface area contributed by atoms with E-state index in [9.17, 15) is 9.90 Å². The summed E-state index contributed by atoms with van der Waals surface area (Å²) >= 11 is 0. The van der Waals surface area contributed by atoms with E-state index in [4.69, 9.17) is 24.2 Å². The highest BCUT2D eigenvalue weighted by atomic mass is 16.7. The molecule has 8 nitrogen and oxygen atoms in total. The van der Waals surface area contributed by atoms with E-state index in [1.165, 1.54) is 0 Å². The summed E-state index contributed by atoms with van der Waals surface area (Å²) in [7, 11) is 0. The SMILES string of the molecule is N#Cc1ccc(OCC(=O)NCC(O)COc2ccc3c(c2)OCO3)cc1. The molecule has 1 heterocycles. The molecule has 3 rings (SSSR count). The molecule has 0 saturated heterocycles. The molecule has 2 aromatic rings. The first-order valence-corrected chi connectivity index (χ1v) is 8.24. The normalized spacial score (nSPS) is 12.7. The second-order valence-electron chi connectivity index (χ2n) is 5.71. The van der Waals surface area contributed by atoms with Gasteiger partial charge in [0.1, 0.15) is 24.2 Å². The van der Waals surface area contributed by atoms with E-state index in [1.807, 2.05) is 6.07 Å². The molecule has 1 unspecified atom stereocenters. The van der Waals surface area contributed by atoms with Gasteiger partial charge in [0, 0.05) is 12.6 Å². The molecule has 1 aliphatic rings. The number of hydrogen-bond acceptors (Lipinski definition) is 7. The minimum absolute atomic E-state index is 0.0103. The average Bonchev–Trinajstić information content (AvgIpc) is 3.17. The number of hydrogen-bond donors (Lipinski definition) is 2. The Balaban J connectivity index is 1.35. The third kappa shape index (κ3) is 5.26. The maximum absolute atomic E-state index is 11.8. The van der Waals surface area contributed by atoms with Crippen LogP contribution in [-0.4, -0.2) is 43.7 Å². The molecule has 0 spiro atoms. The third-order valence-electron chi connectivity index (χ3n) is 3.67. The van der Waals surface area contributed by atoms with Gasteiger partial charge in [-0.05, 0) is 36.4 Å². The van der Waals surface area contributed by atoms with Gasteiger partial charge in [-0.15, -0.1) is 0 Å². The Morgan fingerprint density at radius 2 is 1.89 bits per heavy atom. The lowest BCUT2D eigenvalue weighted by Crippen LogP contribution is -2.37. The molecule has 0 fully saturated rings. The van der Waals surface area contributed by atoms with Crippen molar-refractivity contribution >= 4 is 5.91 Å². The summed E-state index contributed by atoms with van der Waals surface area (Å²) in [6.45, 7) is 0.0239. The first-order valence-electron chi connectivity index (χ1n) is 8.24. The number of nitrogens with zero attached hydrogens (tertiary/aromatic N) is 1. The van der Waals surface area contributed by atoms with Crippen molar-refractivity contribution in [2.24, 2.45) is 0 Å². The lowest BCUT2D eigenvalue weighted by Gasteiger charge is -2.14. The predicted octanol–water partition coefficient (Wildman–Crippen LogP) is 1.22. The van der Waals surface area contributed by atoms with Crippen LogP contribution in [0.3, 0.4) is 0 Å². The number of aliphatic hydroxyl groups excluding tert-OH is 1. The molecule has 2 aromatic carbocycles. The van der Waals surface area contributed by atoms with Gasteiger partial charge in [-0.1, -0.05) is 0 Å². The standard InChI is InChI=1S/C19H18N2O6/c20-8-13-1-3-15(4-2-13)25-11-19(23)21-9-14(22)10-24-16-5-6-17-18(7-16)27-12-26-17/h1-7,14,22H,9-12H2,(H,21,23). The fourth-order valence-corrected chi connectivity index (χ4v) is 2.28. The first kappa shape index (κ1) is 18.4. The van der Waals surface area contributed by atoms with Crippen molar-refractivity contribution < 1.29 is 28.8 Å². The zero-order chi connectivity index (χ0) is 19.1. The van der Waals surface area contributed by atoms with Crippen LogP contribution in [0.1, 0.15) is 5.56 Å². The molecule has 27 heavy (non-hydrogen) atoms. The second-order valence-corrected chi connectivity index (χ2v) is 5.71. The van der Waals surface area contributed by atoms with Crippen LogP contribution in [0.25, 0.3) is 0 Å². The molecule has 0 saturated carbocycles. The van der Waals surface area contributed by atoms with Crippen molar-refractivity contribution in [3.63, 3.8) is 0 Å². The maximum atomic E-state index is 11.8. The average molecular weight is 370 g/mol. The molecule has 1 aliphatic heterocycles. The number of benzene rings is 2. The number of nitrogens with one attached hydrogen (secondary N) is 1. The van der Waals surface area contributed by atoms with Crippen molar-refractivity contribution in [2.45, 2.75) is 6.10 Å². The van der Waals surface area contributed by atoms with Crippen LogP contribution in [0.2, 0.25) is 0 Å². The number of carbonyl (C=O) groups excluding carboxylic acids is 1. The molecule has 0 radical (unpaired) electrons. The van der Waals surface area contributed by atoms with Gasteiger partial charge in [0.2, 0.25) is 6.79 Å². The van der Waals surface area contributed by atoms with Crippen LogP contribution < -0.4 is 24.3 Å². The van der Waals surface area contributed by atoms with Crippen LogP contribution >= 0.6 is 0 Å². The van der Waals surface area contributed by atoms with Crippen molar-refractivity contribution in [3.05, 3.63) is 48.0 Å². The summed E-state index contributed by atoms with van der Waals surface area (Å²) in [5.41, 5.74) is 0.511. The summed E-state index contributed by atoms with van der Waals surface area (Å²) in [4.78, 5) is 11.8. The number of ether oxygens (including phenoxy) is 4. The van der Waals surface area contributed by atoms with E-state index in [1.54, 1.807) is 42.5 Å². The molecule has 1 amide bonds. The Labute approximate surface area is 155 Å². The molecule has 140 valence electrons. The van der Waals surface area contributed by atoms with E-state index in [-0.39, 0.29) is 32.5 Å². The summed E-state index contributed by atoms with van der Waals surface area (Å²) < 4.78 is 21.3. The number of fused-ring (bicyclic) bond motifs is 1. The zero-order valence-electron chi connectivity index (χ0n) is 14.4. The largest absolute Gasteiger partial charge is 0.491 e. The molecular formula is C19H18N2O6. The van der Waals surface area contributed by atoms with Crippen LogP contribution in [0.4, 0.5) is 0 Å². The Morgan fingerprint density at radius 3 is 2.67 bits per heavy atom. The number of rotatable bonds is 8. The molecule has 0 aromatic heterocycles. The van der Waals surface area contributed by atoms with E-state index in [0.717, 1.165) is 0 Å². The highest BCUT2D eigenvalue weighted by molar-refractivity contribution is 5.77. The number of carbonyl (C=O) groups is 1. The minimum atomic E-state index is -0.880. The summed E-state index contributed by atoms with van der Waals surface area (Å²) in [5.74, 6) is 1.89. The quantitative estimate of drug-likeness (QED) is 0.719. The van der Waals surface area contributed by atoms with Crippen molar-refractivity contribution in [1.82, 2.24) is 5.32 Å². The lowest BCUT2D eigenvalue weighted by atomic mass is 10.2. The van der Waals surface area contributed by atoms with Gasteiger partial charge >= 0.3 is 0 Å². The maximum Gasteiger partial charge on any atom is 0.258 e. The Morgan fingerprint density at radius 1 is 1.15 bits per heavy atom. The summed E-state index contributed by atoms with van der Waals surface area (Å²) in [6, 6.07) is 13.5. The van der Waals surface area contributed by atoms with Gasteiger partial charge in [-0.3, -0.25) is 4.79 Å². The number of amides is 1. The molecular weight excluding hydrogens is 352 g/mol. The van der Waals surface area contributed by atoms with E-state index in [0.29, 0.717) is 28.6 Å². The van der Waals surface area contributed by atoms with Gasteiger partial charge in [0.25, 0.3) is 5.91 Å².